The Morgan fingerprint density at radius 1 is 1.44 bits per heavy atom. The van der Waals surface area contributed by atoms with Crippen molar-refractivity contribution >= 4 is 23.5 Å². The summed E-state index contributed by atoms with van der Waals surface area (Å²) in [5, 5.41) is 11.4. The molecule has 1 aliphatic rings. The van der Waals surface area contributed by atoms with Crippen molar-refractivity contribution in [2.45, 2.75) is 36.1 Å². The van der Waals surface area contributed by atoms with Gasteiger partial charge >= 0.3 is 0 Å². The fraction of sp³-hybridized carbons (Fsp3) is 0.353. The highest BCUT2D eigenvalue weighted by Crippen LogP contribution is 2.46. The fourth-order valence-electron chi connectivity index (χ4n) is 3.00. The Bertz CT molecular complexity index is 929. The van der Waals surface area contributed by atoms with Crippen LogP contribution in [0.2, 0.25) is 0 Å². The number of hydrogen-bond donors (Lipinski definition) is 2. The number of nitrogens with zero attached hydrogens (tertiary/aromatic N) is 3. The standard InChI is InChI=1S/C17H16F3N5OS/c1-16(8-17(19,20)9-16)24-27-12-7-25(2)14(13(12)18)15(26)23-10-3-4-22-11(5-10)6-21/h3-5,7,24H,8-9H2,1-2H3,(H,22,23,26). The van der Waals surface area contributed by atoms with Crippen LogP contribution in [-0.2, 0) is 7.05 Å². The first-order valence-electron chi connectivity index (χ1n) is 7.97. The van der Waals surface area contributed by atoms with E-state index < -0.39 is 23.2 Å². The molecular formula is C17H16F3N5OS. The lowest BCUT2D eigenvalue weighted by atomic mass is 9.76. The van der Waals surface area contributed by atoms with Crippen molar-refractivity contribution < 1.29 is 18.0 Å². The number of carbonyl (C=O) groups excluding carboxylic acids is 1. The quantitative estimate of drug-likeness (QED) is 0.758. The van der Waals surface area contributed by atoms with E-state index in [1.165, 1.54) is 36.1 Å². The summed E-state index contributed by atoms with van der Waals surface area (Å²) >= 11 is 0.883. The maximum atomic E-state index is 14.7. The molecule has 0 saturated heterocycles. The number of carbonyl (C=O) groups is 1. The molecule has 10 heteroatoms. The monoisotopic (exact) mass is 395 g/mol. The second-order valence-electron chi connectivity index (χ2n) is 6.74. The Balaban J connectivity index is 1.71. The molecule has 2 aromatic rings. The molecule has 0 aromatic carbocycles. The van der Waals surface area contributed by atoms with Gasteiger partial charge in [0.15, 0.2) is 5.82 Å². The molecule has 2 heterocycles. The Morgan fingerprint density at radius 2 is 2.15 bits per heavy atom. The average Bonchev–Trinajstić information content (AvgIpc) is 2.85. The van der Waals surface area contributed by atoms with Crippen molar-refractivity contribution in [3.05, 3.63) is 41.7 Å². The molecule has 1 fully saturated rings. The summed E-state index contributed by atoms with van der Waals surface area (Å²) in [4.78, 5) is 16.3. The number of nitrogens with one attached hydrogen (secondary N) is 2. The van der Waals surface area contributed by atoms with E-state index in [-0.39, 0.29) is 29.1 Å². The first kappa shape index (κ1) is 19.3. The number of anilines is 1. The van der Waals surface area contributed by atoms with Crippen LogP contribution in [0.25, 0.3) is 0 Å². The zero-order valence-electron chi connectivity index (χ0n) is 14.5. The number of aryl methyl sites for hydroxylation is 1. The Hall–Kier alpha value is -2.51. The van der Waals surface area contributed by atoms with Crippen molar-refractivity contribution in [1.29, 1.82) is 5.26 Å². The lowest BCUT2D eigenvalue weighted by Gasteiger charge is -2.44. The zero-order chi connectivity index (χ0) is 19.8. The van der Waals surface area contributed by atoms with E-state index >= 15 is 0 Å². The van der Waals surface area contributed by atoms with Crippen LogP contribution in [0.4, 0.5) is 18.9 Å². The largest absolute Gasteiger partial charge is 0.343 e. The zero-order valence-corrected chi connectivity index (χ0v) is 15.3. The number of rotatable bonds is 5. The molecule has 0 atom stereocenters. The molecule has 3 rings (SSSR count). The first-order chi connectivity index (χ1) is 12.6. The van der Waals surface area contributed by atoms with Crippen molar-refractivity contribution in [2.24, 2.45) is 7.05 Å². The molecule has 6 nitrogen and oxygen atoms in total. The summed E-state index contributed by atoms with van der Waals surface area (Å²) in [7, 11) is 1.51. The van der Waals surface area contributed by atoms with Gasteiger partial charge in [0, 0.05) is 43.5 Å². The van der Waals surface area contributed by atoms with E-state index in [0.717, 1.165) is 11.9 Å². The summed E-state index contributed by atoms with van der Waals surface area (Å²) in [5.74, 6) is -4.15. The van der Waals surface area contributed by atoms with Gasteiger partial charge in [0.1, 0.15) is 17.5 Å². The molecule has 1 saturated carbocycles. The van der Waals surface area contributed by atoms with Gasteiger partial charge in [-0.05, 0) is 31.0 Å². The summed E-state index contributed by atoms with van der Waals surface area (Å²) in [5.41, 5.74) is -0.572. The van der Waals surface area contributed by atoms with E-state index in [2.05, 4.69) is 15.0 Å². The van der Waals surface area contributed by atoms with Gasteiger partial charge in [0.05, 0.1) is 4.90 Å². The molecule has 0 radical (unpaired) electrons. The van der Waals surface area contributed by atoms with Crippen LogP contribution < -0.4 is 10.0 Å². The van der Waals surface area contributed by atoms with E-state index in [1.54, 1.807) is 6.92 Å². The van der Waals surface area contributed by atoms with Crippen LogP contribution in [0, 0.1) is 17.1 Å². The highest BCUT2D eigenvalue weighted by atomic mass is 32.2. The summed E-state index contributed by atoms with van der Waals surface area (Å²) in [6.07, 6.45) is 2.13. The molecule has 0 bridgehead atoms. The normalized spacial score (nSPS) is 17.0. The van der Waals surface area contributed by atoms with Gasteiger partial charge in [-0.3, -0.25) is 9.52 Å². The molecular weight excluding hydrogens is 379 g/mol. The first-order valence-corrected chi connectivity index (χ1v) is 8.78. The van der Waals surface area contributed by atoms with E-state index in [4.69, 9.17) is 5.26 Å². The van der Waals surface area contributed by atoms with E-state index in [9.17, 15) is 18.0 Å². The number of nitriles is 1. The van der Waals surface area contributed by atoms with Crippen LogP contribution in [0.1, 0.15) is 35.9 Å². The second-order valence-corrected chi connectivity index (χ2v) is 7.58. The number of pyridine rings is 1. The molecule has 0 spiro atoms. The fourth-order valence-corrected chi connectivity index (χ4v) is 3.90. The maximum absolute atomic E-state index is 14.7. The molecule has 0 unspecified atom stereocenters. The minimum absolute atomic E-state index is 0.117. The van der Waals surface area contributed by atoms with Crippen molar-refractivity contribution in [2.75, 3.05) is 5.32 Å². The minimum atomic E-state index is -2.70. The minimum Gasteiger partial charge on any atom is -0.343 e. The van der Waals surface area contributed by atoms with Crippen LogP contribution in [0.5, 0.6) is 0 Å². The molecule has 2 N–H and O–H groups in total. The number of aromatic nitrogens is 2. The SMILES string of the molecule is Cn1cc(SNC2(C)CC(F)(F)C2)c(F)c1C(=O)Nc1ccnc(C#N)c1. The number of hydrogen-bond acceptors (Lipinski definition) is 5. The van der Waals surface area contributed by atoms with Crippen molar-refractivity contribution in [1.82, 2.24) is 14.3 Å². The Morgan fingerprint density at radius 3 is 2.78 bits per heavy atom. The van der Waals surface area contributed by atoms with Gasteiger partial charge in [-0.2, -0.15) is 5.26 Å². The predicted octanol–water partition coefficient (Wildman–Crippen LogP) is 3.47. The third-order valence-corrected chi connectivity index (χ3v) is 5.24. The van der Waals surface area contributed by atoms with Crippen LogP contribution in [0.15, 0.2) is 29.4 Å². The molecule has 27 heavy (non-hydrogen) atoms. The van der Waals surface area contributed by atoms with Crippen LogP contribution >= 0.6 is 11.9 Å². The third kappa shape index (κ3) is 4.09. The molecule has 1 amide bonds. The number of halogens is 3. The second kappa shape index (κ2) is 6.90. The van der Waals surface area contributed by atoms with Gasteiger partial charge in [0.2, 0.25) is 0 Å². The molecule has 142 valence electrons. The number of amides is 1. The van der Waals surface area contributed by atoms with E-state index in [1.807, 2.05) is 6.07 Å². The Kier molecular flexibility index (Phi) is 4.92. The Labute approximate surface area is 157 Å². The smallest absolute Gasteiger partial charge is 0.275 e. The summed E-state index contributed by atoms with van der Waals surface area (Å²) in [6, 6.07) is 4.70. The van der Waals surface area contributed by atoms with Crippen molar-refractivity contribution in [3.63, 3.8) is 0 Å². The van der Waals surface area contributed by atoms with Gasteiger partial charge < -0.3 is 9.88 Å². The van der Waals surface area contributed by atoms with Gasteiger partial charge in [-0.25, -0.2) is 18.2 Å². The number of alkyl halides is 2. The van der Waals surface area contributed by atoms with Crippen molar-refractivity contribution in [3.8, 4) is 6.07 Å². The average molecular weight is 395 g/mol. The molecule has 0 aliphatic heterocycles. The highest BCUT2D eigenvalue weighted by Gasteiger charge is 2.53. The lowest BCUT2D eigenvalue weighted by Crippen LogP contribution is -2.56. The topological polar surface area (TPSA) is 82.7 Å². The maximum Gasteiger partial charge on any atom is 0.275 e. The summed E-state index contributed by atoms with van der Waals surface area (Å²) < 4.78 is 45.0. The third-order valence-electron chi connectivity index (χ3n) is 4.14. The highest BCUT2D eigenvalue weighted by molar-refractivity contribution is 7.97. The lowest BCUT2D eigenvalue weighted by molar-refractivity contribution is -0.120. The van der Waals surface area contributed by atoms with Crippen LogP contribution in [-0.4, -0.2) is 26.9 Å². The predicted molar refractivity (Wildman–Crippen MR) is 93.9 cm³/mol. The van der Waals surface area contributed by atoms with E-state index in [0.29, 0.717) is 5.69 Å². The van der Waals surface area contributed by atoms with Gasteiger partial charge in [-0.15, -0.1) is 0 Å². The molecule has 2 aromatic heterocycles. The molecule has 1 aliphatic carbocycles. The summed E-state index contributed by atoms with van der Waals surface area (Å²) in [6.45, 7) is 1.64. The van der Waals surface area contributed by atoms with Gasteiger partial charge in [0.25, 0.3) is 11.8 Å². The van der Waals surface area contributed by atoms with Crippen LogP contribution in [0.3, 0.4) is 0 Å². The van der Waals surface area contributed by atoms with Gasteiger partial charge in [-0.1, -0.05) is 0 Å².